The van der Waals surface area contributed by atoms with Crippen LogP contribution in [-0.4, -0.2) is 15.7 Å². The molecule has 2 rings (SSSR count). The molecule has 0 aliphatic heterocycles. The number of anilines is 1. The standard InChI is InChI=1S/C16H21N3O/c1-12(2)14-5-7-15(8-6-14)18-16(20)11-13(3)19-10-4-9-17-19/h4-10,12-13H,11H2,1-3H3,(H,18,20)/t13-/m0/s1. The summed E-state index contributed by atoms with van der Waals surface area (Å²) >= 11 is 0. The smallest absolute Gasteiger partial charge is 0.226 e. The second kappa shape index (κ2) is 6.37. The first-order chi connectivity index (χ1) is 9.56. The zero-order chi connectivity index (χ0) is 14.5. The number of carbonyl (C=O) groups is 1. The van der Waals surface area contributed by atoms with Crippen LogP contribution in [0.25, 0.3) is 0 Å². The molecule has 1 amide bonds. The molecule has 0 fully saturated rings. The maximum absolute atomic E-state index is 12.0. The Labute approximate surface area is 119 Å². The van der Waals surface area contributed by atoms with E-state index in [1.54, 1.807) is 10.9 Å². The van der Waals surface area contributed by atoms with Crippen molar-refractivity contribution in [3.63, 3.8) is 0 Å². The highest BCUT2D eigenvalue weighted by molar-refractivity contribution is 5.90. The van der Waals surface area contributed by atoms with Crippen molar-refractivity contribution in [2.24, 2.45) is 0 Å². The first-order valence-electron chi connectivity index (χ1n) is 6.95. The summed E-state index contributed by atoms with van der Waals surface area (Å²) in [5, 5.41) is 7.06. The van der Waals surface area contributed by atoms with Gasteiger partial charge in [-0.2, -0.15) is 5.10 Å². The van der Waals surface area contributed by atoms with Gasteiger partial charge in [0, 0.05) is 24.5 Å². The average molecular weight is 271 g/mol. The van der Waals surface area contributed by atoms with Gasteiger partial charge < -0.3 is 5.32 Å². The Morgan fingerprint density at radius 1 is 1.25 bits per heavy atom. The summed E-state index contributed by atoms with van der Waals surface area (Å²) in [7, 11) is 0. The first kappa shape index (κ1) is 14.3. The third kappa shape index (κ3) is 3.70. The van der Waals surface area contributed by atoms with Crippen LogP contribution in [0.5, 0.6) is 0 Å². The molecule has 106 valence electrons. The molecule has 20 heavy (non-hydrogen) atoms. The van der Waals surface area contributed by atoms with Gasteiger partial charge >= 0.3 is 0 Å². The Hall–Kier alpha value is -2.10. The summed E-state index contributed by atoms with van der Waals surface area (Å²) < 4.78 is 1.79. The lowest BCUT2D eigenvalue weighted by Gasteiger charge is -2.13. The van der Waals surface area contributed by atoms with Crippen LogP contribution in [0, 0.1) is 0 Å². The van der Waals surface area contributed by atoms with Gasteiger partial charge in [0.1, 0.15) is 0 Å². The van der Waals surface area contributed by atoms with E-state index >= 15 is 0 Å². The summed E-state index contributed by atoms with van der Waals surface area (Å²) in [5.74, 6) is 0.505. The number of nitrogens with one attached hydrogen (secondary N) is 1. The van der Waals surface area contributed by atoms with Crippen molar-refractivity contribution in [1.29, 1.82) is 0 Å². The molecule has 4 heteroatoms. The van der Waals surface area contributed by atoms with E-state index in [1.807, 2.05) is 31.3 Å². The molecule has 0 saturated heterocycles. The van der Waals surface area contributed by atoms with Gasteiger partial charge in [-0.15, -0.1) is 0 Å². The van der Waals surface area contributed by atoms with Crippen molar-refractivity contribution < 1.29 is 4.79 Å². The van der Waals surface area contributed by atoms with Gasteiger partial charge in [0.25, 0.3) is 0 Å². The van der Waals surface area contributed by atoms with Crippen molar-refractivity contribution >= 4 is 11.6 Å². The summed E-state index contributed by atoms with van der Waals surface area (Å²) in [4.78, 5) is 12.0. The van der Waals surface area contributed by atoms with Gasteiger partial charge in [0.05, 0.1) is 6.04 Å². The van der Waals surface area contributed by atoms with Crippen LogP contribution in [-0.2, 0) is 4.79 Å². The SMILES string of the molecule is CC(C)c1ccc(NC(=O)C[C@H](C)n2cccn2)cc1. The quantitative estimate of drug-likeness (QED) is 0.903. The van der Waals surface area contributed by atoms with Gasteiger partial charge in [0.15, 0.2) is 0 Å². The average Bonchev–Trinajstić information content (AvgIpc) is 2.93. The zero-order valence-electron chi connectivity index (χ0n) is 12.2. The minimum Gasteiger partial charge on any atom is -0.326 e. The molecular formula is C16H21N3O. The van der Waals surface area contributed by atoms with Crippen molar-refractivity contribution in [1.82, 2.24) is 9.78 Å². The second-order valence-corrected chi connectivity index (χ2v) is 5.36. The van der Waals surface area contributed by atoms with E-state index in [2.05, 4.69) is 36.4 Å². The third-order valence-electron chi connectivity index (χ3n) is 3.32. The number of hydrogen-bond acceptors (Lipinski definition) is 2. The van der Waals surface area contributed by atoms with Crippen LogP contribution < -0.4 is 5.32 Å². The normalized spacial score (nSPS) is 12.4. The molecule has 0 spiro atoms. The summed E-state index contributed by atoms with van der Waals surface area (Å²) in [6.07, 6.45) is 4.00. The van der Waals surface area contributed by atoms with Crippen LogP contribution in [0.2, 0.25) is 0 Å². The number of nitrogens with zero attached hydrogens (tertiary/aromatic N) is 2. The maximum Gasteiger partial charge on any atom is 0.226 e. The van der Waals surface area contributed by atoms with E-state index in [-0.39, 0.29) is 11.9 Å². The van der Waals surface area contributed by atoms with Crippen LogP contribution in [0.4, 0.5) is 5.69 Å². The minimum atomic E-state index is 0.00490. The zero-order valence-corrected chi connectivity index (χ0v) is 12.2. The highest BCUT2D eigenvalue weighted by Crippen LogP contribution is 2.18. The molecule has 0 aliphatic rings. The Kier molecular flexibility index (Phi) is 4.56. The first-order valence-corrected chi connectivity index (χ1v) is 6.95. The molecular weight excluding hydrogens is 250 g/mol. The summed E-state index contributed by atoms with van der Waals surface area (Å²) in [6.45, 7) is 6.28. The number of aromatic nitrogens is 2. The minimum absolute atomic E-state index is 0.00490. The Morgan fingerprint density at radius 2 is 1.95 bits per heavy atom. The van der Waals surface area contributed by atoms with Gasteiger partial charge in [0.2, 0.25) is 5.91 Å². The predicted molar refractivity (Wildman–Crippen MR) is 80.7 cm³/mol. The number of amides is 1. The molecule has 1 aromatic heterocycles. The third-order valence-corrected chi connectivity index (χ3v) is 3.32. The van der Waals surface area contributed by atoms with Gasteiger partial charge in [-0.25, -0.2) is 0 Å². The lowest BCUT2D eigenvalue weighted by molar-refractivity contribution is -0.116. The summed E-state index contributed by atoms with van der Waals surface area (Å²) in [6, 6.07) is 9.92. The van der Waals surface area contributed by atoms with Crippen LogP contribution in [0.15, 0.2) is 42.7 Å². The van der Waals surface area contributed by atoms with E-state index in [9.17, 15) is 4.79 Å². The number of rotatable bonds is 5. The maximum atomic E-state index is 12.0. The molecule has 0 radical (unpaired) electrons. The van der Waals surface area contributed by atoms with Crippen LogP contribution in [0.1, 0.15) is 44.7 Å². The van der Waals surface area contributed by atoms with Crippen molar-refractivity contribution in [2.45, 2.75) is 39.2 Å². The van der Waals surface area contributed by atoms with Crippen molar-refractivity contribution in [2.75, 3.05) is 5.32 Å². The highest BCUT2D eigenvalue weighted by Gasteiger charge is 2.11. The largest absolute Gasteiger partial charge is 0.326 e. The molecule has 1 atom stereocenters. The molecule has 0 bridgehead atoms. The van der Waals surface area contributed by atoms with Gasteiger partial charge in [-0.05, 0) is 36.6 Å². The van der Waals surface area contributed by atoms with E-state index in [0.29, 0.717) is 12.3 Å². The molecule has 2 aromatic rings. The van der Waals surface area contributed by atoms with Crippen molar-refractivity contribution in [3.05, 3.63) is 48.3 Å². The Morgan fingerprint density at radius 3 is 2.50 bits per heavy atom. The molecule has 4 nitrogen and oxygen atoms in total. The van der Waals surface area contributed by atoms with E-state index in [1.165, 1.54) is 5.56 Å². The fraction of sp³-hybridized carbons (Fsp3) is 0.375. The molecule has 1 N–H and O–H groups in total. The second-order valence-electron chi connectivity index (χ2n) is 5.36. The highest BCUT2D eigenvalue weighted by atomic mass is 16.1. The lowest BCUT2D eigenvalue weighted by atomic mass is 10.0. The fourth-order valence-electron chi connectivity index (χ4n) is 2.07. The van der Waals surface area contributed by atoms with Gasteiger partial charge in [-0.3, -0.25) is 9.48 Å². The fourth-order valence-corrected chi connectivity index (χ4v) is 2.07. The monoisotopic (exact) mass is 271 g/mol. The predicted octanol–water partition coefficient (Wildman–Crippen LogP) is 3.60. The summed E-state index contributed by atoms with van der Waals surface area (Å²) in [5.41, 5.74) is 2.11. The molecule has 0 aliphatic carbocycles. The number of carbonyl (C=O) groups excluding carboxylic acids is 1. The van der Waals surface area contributed by atoms with E-state index in [4.69, 9.17) is 0 Å². The molecule has 0 saturated carbocycles. The van der Waals surface area contributed by atoms with Gasteiger partial charge in [-0.1, -0.05) is 26.0 Å². The Balaban J connectivity index is 1.91. The number of hydrogen-bond donors (Lipinski definition) is 1. The van der Waals surface area contributed by atoms with Crippen molar-refractivity contribution in [3.8, 4) is 0 Å². The Bertz CT molecular complexity index is 544. The lowest BCUT2D eigenvalue weighted by Crippen LogP contribution is -2.17. The molecule has 1 aromatic carbocycles. The van der Waals surface area contributed by atoms with Crippen LogP contribution >= 0.6 is 0 Å². The topological polar surface area (TPSA) is 46.9 Å². The number of benzene rings is 1. The van der Waals surface area contributed by atoms with E-state index in [0.717, 1.165) is 5.69 Å². The molecule has 1 heterocycles. The van der Waals surface area contributed by atoms with E-state index < -0.39 is 0 Å². The molecule has 0 unspecified atom stereocenters. The van der Waals surface area contributed by atoms with Crippen LogP contribution in [0.3, 0.4) is 0 Å².